The van der Waals surface area contributed by atoms with Gasteiger partial charge in [0.15, 0.2) is 0 Å². The number of ether oxygens (including phenoxy) is 1. The molecule has 2 rings (SSSR count). The number of methoxy groups -OCH3 is 1. The topological polar surface area (TPSA) is 84.1 Å². The lowest BCUT2D eigenvalue weighted by Gasteiger charge is -2.16. The van der Waals surface area contributed by atoms with Crippen molar-refractivity contribution in [3.8, 4) is 6.07 Å². The van der Waals surface area contributed by atoms with Crippen molar-refractivity contribution in [2.75, 3.05) is 18.7 Å². The van der Waals surface area contributed by atoms with Crippen molar-refractivity contribution in [3.63, 3.8) is 0 Å². The Morgan fingerprint density at radius 2 is 2.12 bits per heavy atom. The highest BCUT2D eigenvalue weighted by Gasteiger charge is 2.20. The van der Waals surface area contributed by atoms with E-state index < -0.39 is 17.3 Å². The molecule has 0 aliphatic rings. The van der Waals surface area contributed by atoms with E-state index in [1.54, 1.807) is 12.1 Å². The summed E-state index contributed by atoms with van der Waals surface area (Å²) in [4.78, 5) is 24.8. The van der Waals surface area contributed by atoms with Gasteiger partial charge in [0.05, 0.1) is 12.8 Å². The second-order valence-corrected chi connectivity index (χ2v) is 5.64. The molecule has 0 bridgehead atoms. The number of nitriles is 1. The van der Waals surface area contributed by atoms with E-state index in [1.165, 1.54) is 38.1 Å². The molecule has 0 atom stereocenters. The van der Waals surface area contributed by atoms with Crippen LogP contribution in [-0.2, 0) is 11.8 Å². The molecule has 1 heterocycles. The molecule has 0 unspecified atom stereocenters. The van der Waals surface area contributed by atoms with Gasteiger partial charge in [-0.15, -0.1) is 11.8 Å². The quantitative estimate of drug-likeness (QED) is 0.676. The second kappa shape index (κ2) is 7.19. The third kappa shape index (κ3) is 3.26. The minimum atomic E-state index is -0.745. The molecule has 0 fully saturated rings. The maximum Gasteiger partial charge on any atom is 0.341 e. The maximum absolute atomic E-state index is 14.2. The van der Waals surface area contributed by atoms with Crippen LogP contribution in [0.4, 0.5) is 15.9 Å². The summed E-state index contributed by atoms with van der Waals surface area (Å²) in [5, 5.41) is 11.7. The molecular weight excluding hydrogens is 333 g/mol. The largest absolute Gasteiger partial charge is 0.465 e. The highest BCUT2D eigenvalue weighted by Crippen LogP contribution is 2.26. The van der Waals surface area contributed by atoms with E-state index in [-0.39, 0.29) is 22.6 Å². The zero-order chi connectivity index (χ0) is 17.9. The zero-order valence-corrected chi connectivity index (χ0v) is 14.0. The van der Waals surface area contributed by atoms with Gasteiger partial charge in [0.2, 0.25) is 0 Å². The van der Waals surface area contributed by atoms with Crippen LogP contribution in [0.1, 0.15) is 15.9 Å². The van der Waals surface area contributed by atoms with E-state index in [1.807, 2.05) is 6.26 Å². The predicted molar refractivity (Wildman–Crippen MR) is 89.2 cm³/mol. The van der Waals surface area contributed by atoms with Gasteiger partial charge in [-0.2, -0.15) is 5.26 Å². The van der Waals surface area contributed by atoms with Crippen LogP contribution in [0, 0.1) is 17.1 Å². The van der Waals surface area contributed by atoms with Gasteiger partial charge >= 0.3 is 5.97 Å². The molecule has 1 N–H and O–H groups in total. The molecule has 6 nitrogen and oxygen atoms in total. The molecule has 0 aliphatic carbocycles. The average molecular weight is 347 g/mol. The van der Waals surface area contributed by atoms with Gasteiger partial charge < -0.3 is 10.1 Å². The first-order valence-electron chi connectivity index (χ1n) is 6.76. The van der Waals surface area contributed by atoms with Gasteiger partial charge in [0.1, 0.15) is 28.8 Å². The molecule has 1 aromatic heterocycles. The van der Waals surface area contributed by atoms with Crippen LogP contribution in [0.2, 0.25) is 0 Å². The molecule has 0 saturated carbocycles. The summed E-state index contributed by atoms with van der Waals surface area (Å²) in [5.41, 5.74) is -0.752. The smallest absolute Gasteiger partial charge is 0.341 e. The fraction of sp³-hybridized carbons (Fsp3) is 0.188. The number of carbonyl (C=O) groups excluding carboxylic acids is 1. The number of hydrogen-bond acceptors (Lipinski definition) is 6. The van der Waals surface area contributed by atoms with Crippen molar-refractivity contribution in [3.05, 3.63) is 51.6 Å². The molecule has 124 valence electrons. The summed E-state index contributed by atoms with van der Waals surface area (Å²) in [6.45, 7) is 0. The van der Waals surface area contributed by atoms with Crippen LogP contribution in [0.3, 0.4) is 0 Å². The minimum Gasteiger partial charge on any atom is -0.465 e. The molecule has 24 heavy (non-hydrogen) atoms. The summed E-state index contributed by atoms with van der Waals surface area (Å²) in [6, 6.07) is 7.41. The number of rotatable bonds is 4. The van der Waals surface area contributed by atoms with Crippen molar-refractivity contribution in [2.45, 2.75) is 4.90 Å². The van der Waals surface area contributed by atoms with E-state index in [0.717, 1.165) is 15.5 Å². The van der Waals surface area contributed by atoms with Gasteiger partial charge in [-0.1, -0.05) is 0 Å². The lowest BCUT2D eigenvalue weighted by molar-refractivity contribution is 0.0601. The average Bonchev–Trinajstić information content (AvgIpc) is 2.59. The minimum absolute atomic E-state index is 0.0375. The third-order valence-corrected chi connectivity index (χ3v) is 4.09. The number of benzene rings is 1. The van der Waals surface area contributed by atoms with E-state index in [4.69, 9.17) is 5.26 Å². The Morgan fingerprint density at radius 3 is 2.67 bits per heavy atom. The fourth-order valence-corrected chi connectivity index (χ4v) is 2.51. The van der Waals surface area contributed by atoms with Crippen molar-refractivity contribution in [1.82, 2.24) is 4.57 Å². The van der Waals surface area contributed by atoms with E-state index in [2.05, 4.69) is 10.1 Å². The number of aromatic nitrogens is 1. The number of carbonyl (C=O) groups is 1. The predicted octanol–water partition coefficient (Wildman–Crippen LogP) is 2.65. The van der Waals surface area contributed by atoms with Crippen molar-refractivity contribution >= 4 is 29.2 Å². The molecular formula is C16H14FN3O3S. The molecule has 0 amide bonds. The van der Waals surface area contributed by atoms with Crippen LogP contribution in [0.25, 0.3) is 0 Å². The van der Waals surface area contributed by atoms with Crippen LogP contribution >= 0.6 is 11.8 Å². The van der Waals surface area contributed by atoms with Gasteiger partial charge in [-0.3, -0.25) is 9.36 Å². The monoisotopic (exact) mass is 347 g/mol. The van der Waals surface area contributed by atoms with Crippen LogP contribution in [0.5, 0.6) is 0 Å². The van der Waals surface area contributed by atoms with Gasteiger partial charge in [0.25, 0.3) is 5.56 Å². The van der Waals surface area contributed by atoms with Crippen molar-refractivity contribution < 1.29 is 13.9 Å². The number of anilines is 2. The summed E-state index contributed by atoms with van der Waals surface area (Å²) in [6.07, 6.45) is 1.82. The lowest BCUT2D eigenvalue weighted by Crippen LogP contribution is -2.25. The highest BCUT2D eigenvalue weighted by molar-refractivity contribution is 7.98. The lowest BCUT2D eigenvalue weighted by atomic mass is 10.1. The number of thioether (sulfide) groups is 1. The molecule has 0 aliphatic heterocycles. The van der Waals surface area contributed by atoms with Crippen LogP contribution in [0.15, 0.2) is 34.0 Å². The Balaban J connectivity index is 2.61. The fourth-order valence-electron chi connectivity index (χ4n) is 2.09. The first-order chi connectivity index (χ1) is 11.4. The molecule has 1 aromatic carbocycles. The Labute approximate surface area is 141 Å². The third-order valence-electron chi connectivity index (χ3n) is 3.37. The van der Waals surface area contributed by atoms with Crippen LogP contribution in [-0.4, -0.2) is 23.9 Å². The standard InChI is InChI=1S/C16H14FN3O3S/c1-20-14(19-13-5-4-10(24-3)7-12(13)17)11(16(22)23-2)6-9(8-18)15(20)21/h4-7,19H,1-3H3. The molecule has 0 saturated heterocycles. The van der Waals surface area contributed by atoms with Crippen molar-refractivity contribution in [1.29, 1.82) is 5.26 Å². The Bertz CT molecular complexity index is 903. The summed E-state index contributed by atoms with van der Waals surface area (Å²) in [7, 11) is 2.56. The molecule has 2 aromatic rings. The van der Waals surface area contributed by atoms with Gasteiger partial charge in [0, 0.05) is 11.9 Å². The number of halogens is 1. The molecule has 8 heteroatoms. The van der Waals surface area contributed by atoms with Crippen molar-refractivity contribution in [2.24, 2.45) is 7.05 Å². The Hall–Kier alpha value is -2.79. The van der Waals surface area contributed by atoms with E-state index in [9.17, 15) is 14.0 Å². The zero-order valence-electron chi connectivity index (χ0n) is 13.2. The number of esters is 1. The van der Waals surface area contributed by atoms with E-state index >= 15 is 0 Å². The SMILES string of the molecule is COC(=O)c1cc(C#N)c(=O)n(C)c1Nc1ccc(SC)cc1F. The summed E-state index contributed by atoms with van der Waals surface area (Å²) in [5.74, 6) is -1.23. The first-order valence-corrected chi connectivity index (χ1v) is 7.98. The van der Waals surface area contributed by atoms with Gasteiger partial charge in [-0.05, 0) is 30.5 Å². The second-order valence-electron chi connectivity index (χ2n) is 4.76. The normalized spacial score (nSPS) is 10.1. The number of nitrogens with zero attached hydrogens (tertiary/aromatic N) is 2. The first kappa shape index (κ1) is 17.6. The number of nitrogens with one attached hydrogen (secondary N) is 1. The number of hydrogen-bond donors (Lipinski definition) is 1. The number of pyridine rings is 1. The van der Waals surface area contributed by atoms with Gasteiger partial charge in [-0.25, -0.2) is 9.18 Å². The molecule has 0 radical (unpaired) electrons. The van der Waals surface area contributed by atoms with E-state index in [0.29, 0.717) is 0 Å². The summed E-state index contributed by atoms with van der Waals surface area (Å²) < 4.78 is 19.9. The Kier molecular flexibility index (Phi) is 5.26. The van der Waals surface area contributed by atoms with Crippen LogP contribution < -0.4 is 10.9 Å². The molecule has 0 spiro atoms. The highest BCUT2D eigenvalue weighted by atomic mass is 32.2. The maximum atomic E-state index is 14.2. The Morgan fingerprint density at radius 1 is 1.42 bits per heavy atom. The summed E-state index contributed by atoms with van der Waals surface area (Å²) >= 11 is 1.39.